The van der Waals surface area contributed by atoms with Crippen molar-refractivity contribution in [2.45, 2.75) is 77.8 Å². The van der Waals surface area contributed by atoms with Crippen LogP contribution in [0.3, 0.4) is 0 Å². The summed E-state index contributed by atoms with van der Waals surface area (Å²) in [5, 5.41) is 3.88. The van der Waals surface area contributed by atoms with Crippen molar-refractivity contribution in [2.24, 2.45) is 17.8 Å². The summed E-state index contributed by atoms with van der Waals surface area (Å²) in [4.78, 5) is 0. The summed E-state index contributed by atoms with van der Waals surface area (Å²) in [7, 11) is 0. The lowest BCUT2D eigenvalue weighted by Crippen LogP contribution is -2.39. The van der Waals surface area contributed by atoms with E-state index in [-0.39, 0.29) is 0 Å². The molecule has 0 aromatic heterocycles. The minimum Gasteiger partial charge on any atom is -0.311 e. The van der Waals surface area contributed by atoms with Gasteiger partial charge in [0.15, 0.2) is 0 Å². The number of hydrogen-bond donors (Lipinski definition) is 1. The first-order valence-corrected chi connectivity index (χ1v) is 7.41. The molecular formula is C15H29N. The minimum atomic E-state index is 0.739. The van der Waals surface area contributed by atoms with Gasteiger partial charge in [-0.3, -0.25) is 0 Å². The summed E-state index contributed by atoms with van der Waals surface area (Å²) < 4.78 is 0. The molecule has 0 spiro atoms. The number of nitrogens with one attached hydrogen (secondary N) is 1. The van der Waals surface area contributed by atoms with Crippen LogP contribution >= 0.6 is 0 Å². The molecular weight excluding hydrogens is 194 g/mol. The van der Waals surface area contributed by atoms with E-state index >= 15 is 0 Å². The Morgan fingerprint density at radius 1 is 1.06 bits per heavy atom. The number of hydrogen-bond acceptors (Lipinski definition) is 1. The smallest absolute Gasteiger partial charge is 0.0100 e. The number of rotatable bonds is 6. The fourth-order valence-corrected chi connectivity index (χ4v) is 3.73. The Morgan fingerprint density at radius 2 is 1.88 bits per heavy atom. The molecule has 0 aromatic carbocycles. The van der Waals surface area contributed by atoms with Gasteiger partial charge in [0.2, 0.25) is 0 Å². The van der Waals surface area contributed by atoms with Crippen LogP contribution in [0.5, 0.6) is 0 Å². The first kappa shape index (κ1) is 12.4. The molecule has 2 rings (SSSR count). The zero-order valence-corrected chi connectivity index (χ0v) is 11.3. The van der Waals surface area contributed by atoms with Crippen molar-refractivity contribution in [3.05, 3.63) is 0 Å². The third-order valence-electron chi connectivity index (χ3n) is 4.66. The second-order valence-electron chi connectivity index (χ2n) is 6.67. The van der Waals surface area contributed by atoms with Crippen molar-refractivity contribution in [1.82, 2.24) is 5.32 Å². The summed E-state index contributed by atoms with van der Waals surface area (Å²) in [6.07, 6.45) is 10.2. The van der Waals surface area contributed by atoms with Gasteiger partial charge >= 0.3 is 0 Å². The Bertz CT molecular complexity index is 211. The highest BCUT2D eigenvalue weighted by atomic mass is 15.0. The van der Waals surface area contributed by atoms with E-state index in [4.69, 9.17) is 0 Å². The third kappa shape index (κ3) is 3.23. The third-order valence-corrected chi connectivity index (χ3v) is 4.66. The van der Waals surface area contributed by atoms with Gasteiger partial charge in [0.05, 0.1) is 0 Å². The Labute approximate surface area is 101 Å². The average molecular weight is 223 g/mol. The standard InChI is InChI=1S/C15H29N/c1-11(2)5-4-6-12(3)16-15-10-13-7-8-14(15)9-13/h11-16H,4-10H2,1-3H3. The van der Waals surface area contributed by atoms with Crippen LogP contribution in [0.25, 0.3) is 0 Å². The first-order chi connectivity index (χ1) is 7.65. The highest BCUT2D eigenvalue weighted by Gasteiger charge is 2.39. The summed E-state index contributed by atoms with van der Waals surface area (Å²) in [6, 6.07) is 1.61. The monoisotopic (exact) mass is 223 g/mol. The molecule has 0 radical (unpaired) electrons. The van der Waals surface area contributed by atoms with Crippen LogP contribution in [-0.2, 0) is 0 Å². The molecule has 1 nitrogen and oxygen atoms in total. The van der Waals surface area contributed by atoms with Crippen LogP contribution in [0.2, 0.25) is 0 Å². The largest absolute Gasteiger partial charge is 0.311 e. The van der Waals surface area contributed by atoms with Crippen molar-refractivity contribution < 1.29 is 0 Å². The van der Waals surface area contributed by atoms with E-state index in [1.54, 1.807) is 0 Å². The molecule has 16 heavy (non-hydrogen) atoms. The molecule has 2 fully saturated rings. The van der Waals surface area contributed by atoms with Crippen LogP contribution in [0, 0.1) is 17.8 Å². The van der Waals surface area contributed by atoms with E-state index in [0.717, 1.165) is 29.8 Å². The maximum absolute atomic E-state index is 3.88. The lowest BCUT2D eigenvalue weighted by Gasteiger charge is -2.27. The highest BCUT2D eigenvalue weighted by Crippen LogP contribution is 2.44. The minimum absolute atomic E-state index is 0.739. The fraction of sp³-hybridized carbons (Fsp3) is 1.00. The fourth-order valence-electron chi connectivity index (χ4n) is 3.73. The molecule has 4 unspecified atom stereocenters. The summed E-state index contributed by atoms with van der Waals surface area (Å²) in [5.74, 6) is 2.97. The van der Waals surface area contributed by atoms with Gasteiger partial charge in [-0.25, -0.2) is 0 Å². The lowest BCUT2D eigenvalue weighted by molar-refractivity contribution is 0.313. The van der Waals surface area contributed by atoms with E-state index in [9.17, 15) is 0 Å². The Kier molecular flexibility index (Phi) is 4.29. The number of fused-ring (bicyclic) bond motifs is 2. The molecule has 0 saturated heterocycles. The van der Waals surface area contributed by atoms with Crippen molar-refractivity contribution >= 4 is 0 Å². The van der Waals surface area contributed by atoms with Gasteiger partial charge < -0.3 is 5.32 Å². The zero-order chi connectivity index (χ0) is 11.5. The predicted octanol–water partition coefficient (Wildman–Crippen LogP) is 3.98. The molecule has 2 aliphatic rings. The molecule has 1 heteroatoms. The SMILES string of the molecule is CC(C)CCCC(C)NC1CC2CCC1C2. The van der Waals surface area contributed by atoms with Gasteiger partial charge in [0.1, 0.15) is 0 Å². The average Bonchev–Trinajstić information content (AvgIpc) is 2.78. The van der Waals surface area contributed by atoms with Crippen molar-refractivity contribution in [3.63, 3.8) is 0 Å². The van der Waals surface area contributed by atoms with E-state index in [2.05, 4.69) is 26.1 Å². The maximum Gasteiger partial charge on any atom is 0.0100 e. The van der Waals surface area contributed by atoms with Crippen molar-refractivity contribution in [2.75, 3.05) is 0 Å². The van der Waals surface area contributed by atoms with Crippen LogP contribution in [0.1, 0.15) is 65.7 Å². The van der Waals surface area contributed by atoms with E-state index < -0.39 is 0 Å². The molecule has 2 saturated carbocycles. The zero-order valence-electron chi connectivity index (χ0n) is 11.3. The van der Waals surface area contributed by atoms with Gasteiger partial charge in [0, 0.05) is 12.1 Å². The molecule has 2 aliphatic carbocycles. The summed E-state index contributed by atoms with van der Waals surface area (Å²) >= 11 is 0. The van der Waals surface area contributed by atoms with Gasteiger partial charge in [-0.2, -0.15) is 0 Å². The first-order valence-electron chi connectivity index (χ1n) is 7.41. The predicted molar refractivity (Wildman–Crippen MR) is 70.5 cm³/mol. The van der Waals surface area contributed by atoms with Gasteiger partial charge in [-0.1, -0.05) is 33.1 Å². The second-order valence-corrected chi connectivity index (χ2v) is 6.67. The second kappa shape index (κ2) is 5.53. The molecule has 1 N–H and O–H groups in total. The molecule has 2 bridgehead atoms. The molecule has 94 valence electrons. The van der Waals surface area contributed by atoms with Crippen LogP contribution < -0.4 is 5.32 Å². The van der Waals surface area contributed by atoms with Crippen molar-refractivity contribution in [1.29, 1.82) is 0 Å². The van der Waals surface area contributed by atoms with Crippen LogP contribution in [0.15, 0.2) is 0 Å². The highest BCUT2D eigenvalue weighted by molar-refractivity contribution is 4.94. The molecule has 0 amide bonds. The molecule has 4 atom stereocenters. The quantitative estimate of drug-likeness (QED) is 0.718. The lowest BCUT2D eigenvalue weighted by atomic mass is 9.94. The van der Waals surface area contributed by atoms with Crippen LogP contribution in [-0.4, -0.2) is 12.1 Å². The maximum atomic E-state index is 3.88. The molecule has 0 aliphatic heterocycles. The van der Waals surface area contributed by atoms with E-state index in [1.165, 1.54) is 44.9 Å². The van der Waals surface area contributed by atoms with Gasteiger partial charge in [0.25, 0.3) is 0 Å². The van der Waals surface area contributed by atoms with Crippen molar-refractivity contribution in [3.8, 4) is 0 Å². The van der Waals surface area contributed by atoms with Crippen LogP contribution in [0.4, 0.5) is 0 Å². The molecule has 0 heterocycles. The summed E-state index contributed by atoms with van der Waals surface area (Å²) in [6.45, 7) is 7.04. The Balaban J connectivity index is 1.62. The van der Waals surface area contributed by atoms with Gasteiger partial charge in [-0.15, -0.1) is 0 Å². The Morgan fingerprint density at radius 3 is 2.44 bits per heavy atom. The van der Waals surface area contributed by atoms with E-state index in [0.29, 0.717) is 0 Å². The topological polar surface area (TPSA) is 12.0 Å². The Hall–Kier alpha value is -0.0400. The summed E-state index contributed by atoms with van der Waals surface area (Å²) in [5.41, 5.74) is 0. The van der Waals surface area contributed by atoms with Gasteiger partial charge in [-0.05, 0) is 50.4 Å². The van der Waals surface area contributed by atoms with E-state index in [1.807, 2.05) is 0 Å². The molecule has 0 aromatic rings. The normalized spacial score (nSPS) is 34.9.